The van der Waals surface area contributed by atoms with E-state index in [-0.39, 0.29) is 5.91 Å². The Hall–Kier alpha value is -1.36. The monoisotopic (exact) mass is 264 g/mol. The molecule has 0 bridgehead atoms. The van der Waals surface area contributed by atoms with Crippen molar-refractivity contribution >= 4 is 11.6 Å². The number of rotatable bonds is 3. The van der Waals surface area contributed by atoms with E-state index in [2.05, 4.69) is 22.2 Å². The lowest BCUT2D eigenvalue weighted by atomic mass is 10.0. The highest BCUT2D eigenvalue weighted by Crippen LogP contribution is 2.19. The number of hydrogen-bond acceptors (Lipinski definition) is 3. The number of nitrogens with one attached hydrogen (secondary N) is 1. The molecule has 1 N–H and O–H groups in total. The number of carbonyl (C=O) groups excluding carboxylic acids is 1. The minimum absolute atomic E-state index is 0.0632. The van der Waals surface area contributed by atoms with E-state index in [4.69, 9.17) is 0 Å². The zero-order valence-corrected chi connectivity index (χ0v) is 12.4. The second-order valence-corrected chi connectivity index (χ2v) is 5.70. The molecule has 1 atom stereocenters. The highest BCUT2D eigenvalue weighted by atomic mass is 16.2. The van der Waals surface area contributed by atoms with Crippen LogP contribution in [0.5, 0.6) is 0 Å². The summed E-state index contributed by atoms with van der Waals surface area (Å²) in [5, 5.41) is 7.31. The van der Waals surface area contributed by atoms with Crippen molar-refractivity contribution in [1.29, 1.82) is 0 Å². The summed E-state index contributed by atoms with van der Waals surface area (Å²) < 4.78 is 1.80. The van der Waals surface area contributed by atoms with Crippen LogP contribution in [0.25, 0.3) is 0 Å². The number of hydrogen-bond donors (Lipinski definition) is 1. The van der Waals surface area contributed by atoms with Gasteiger partial charge in [-0.05, 0) is 39.2 Å². The highest BCUT2D eigenvalue weighted by Gasteiger charge is 2.19. The van der Waals surface area contributed by atoms with E-state index >= 15 is 0 Å². The van der Waals surface area contributed by atoms with E-state index in [1.54, 1.807) is 4.68 Å². The first-order chi connectivity index (χ1) is 8.97. The normalized spacial score (nSPS) is 20.5. The fourth-order valence-electron chi connectivity index (χ4n) is 2.77. The van der Waals surface area contributed by atoms with Gasteiger partial charge >= 0.3 is 0 Å². The van der Waals surface area contributed by atoms with Crippen molar-refractivity contribution in [2.45, 2.75) is 33.6 Å². The van der Waals surface area contributed by atoms with Crippen LogP contribution in [-0.2, 0) is 11.8 Å². The minimum atomic E-state index is 0.0632. The molecule has 1 aromatic rings. The maximum absolute atomic E-state index is 12.1. The van der Waals surface area contributed by atoms with E-state index in [0.717, 1.165) is 30.2 Å². The Labute approximate surface area is 115 Å². The van der Waals surface area contributed by atoms with Crippen LogP contribution in [0.2, 0.25) is 0 Å². The standard InChI is InChI=1S/C14H24N4O/c1-10-6-5-7-18(8-10)9-13(19)15-14-11(2)16-17(4)12(14)3/h10H,5-9H2,1-4H3,(H,15,19)/t10-/m1/s1. The summed E-state index contributed by atoms with van der Waals surface area (Å²) in [4.78, 5) is 14.4. The van der Waals surface area contributed by atoms with Gasteiger partial charge in [0.05, 0.1) is 23.6 Å². The third-order valence-corrected chi connectivity index (χ3v) is 3.88. The topological polar surface area (TPSA) is 50.2 Å². The van der Waals surface area contributed by atoms with Crippen molar-refractivity contribution < 1.29 is 4.79 Å². The predicted octanol–water partition coefficient (Wildman–Crippen LogP) is 1.71. The first kappa shape index (κ1) is 14.1. The maximum atomic E-state index is 12.1. The average Bonchev–Trinajstić information content (AvgIpc) is 2.56. The van der Waals surface area contributed by atoms with Crippen LogP contribution >= 0.6 is 0 Å². The lowest BCUT2D eigenvalue weighted by Crippen LogP contribution is -2.39. The Morgan fingerprint density at radius 2 is 2.21 bits per heavy atom. The van der Waals surface area contributed by atoms with Gasteiger partial charge in [0.2, 0.25) is 5.91 Å². The molecule has 2 rings (SSSR count). The van der Waals surface area contributed by atoms with Crippen molar-refractivity contribution in [2.24, 2.45) is 13.0 Å². The summed E-state index contributed by atoms with van der Waals surface area (Å²) in [7, 11) is 1.89. The number of likely N-dealkylation sites (tertiary alicyclic amines) is 1. The molecular formula is C14H24N4O. The van der Waals surface area contributed by atoms with Crippen molar-refractivity contribution in [3.05, 3.63) is 11.4 Å². The summed E-state index contributed by atoms with van der Waals surface area (Å²) in [5.41, 5.74) is 2.73. The van der Waals surface area contributed by atoms with E-state index in [9.17, 15) is 4.79 Å². The third kappa shape index (κ3) is 3.35. The summed E-state index contributed by atoms with van der Waals surface area (Å²) in [6, 6.07) is 0. The molecule has 2 heterocycles. The molecule has 5 nitrogen and oxygen atoms in total. The van der Waals surface area contributed by atoms with E-state index in [1.807, 2.05) is 20.9 Å². The number of piperidine rings is 1. The quantitative estimate of drug-likeness (QED) is 0.904. The zero-order chi connectivity index (χ0) is 14.0. The number of carbonyl (C=O) groups is 1. The van der Waals surface area contributed by atoms with E-state index in [0.29, 0.717) is 12.5 Å². The number of nitrogens with zero attached hydrogens (tertiary/aromatic N) is 3. The lowest BCUT2D eigenvalue weighted by Gasteiger charge is -2.30. The molecule has 1 amide bonds. The molecule has 1 saturated heterocycles. The first-order valence-electron chi connectivity index (χ1n) is 6.99. The largest absolute Gasteiger partial charge is 0.322 e. The molecule has 0 spiro atoms. The Kier molecular flexibility index (Phi) is 4.24. The van der Waals surface area contributed by atoms with Crippen LogP contribution in [0.1, 0.15) is 31.2 Å². The second kappa shape index (κ2) is 5.74. The van der Waals surface area contributed by atoms with Gasteiger partial charge in [-0.15, -0.1) is 0 Å². The van der Waals surface area contributed by atoms with Gasteiger partial charge in [-0.1, -0.05) is 6.92 Å². The number of anilines is 1. The number of amides is 1. The second-order valence-electron chi connectivity index (χ2n) is 5.70. The van der Waals surface area contributed by atoms with Gasteiger partial charge in [0, 0.05) is 13.6 Å². The van der Waals surface area contributed by atoms with Crippen LogP contribution < -0.4 is 5.32 Å². The van der Waals surface area contributed by atoms with Crippen LogP contribution in [0.15, 0.2) is 0 Å². The van der Waals surface area contributed by atoms with Crippen molar-refractivity contribution in [1.82, 2.24) is 14.7 Å². The summed E-state index contributed by atoms with van der Waals surface area (Å²) in [6.07, 6.45) is 2.47. The van der Waals surface area contributed by atoms with Gasteiger partial charge in [0.25, 0.3) is 0 Å². The molecule has 5 heteroatoms. The number of aryl methyl sites for hydroxylation is 2. The molecule has 1 fully saturated rings. The first-order valence-corrected chi connectivity index (χ1v) is 6.99. The SMILES string of the molecule is Cc1nn(C)c(C)c1NC(=O)CN1CCC[C@@H](C)C1. The fourth-order valence-corrected chi connectivity index (χ4v) is 2.77. The molecule has 1 aliphatic heterocycles. The smallest absolute Gasteiger partial charge is 0.238 e. The van der Waals surface area contributed by atoms with Crippen molar-refractivity contribution in [2.75, 3.05) is 25.0 Å². The molecular weight excluding hydrogens is 240 g/mol. The van der Waals surface area contributed by atoms with E-state index in [1.165, 1.54) is 12.8 Å². The Balaban J connectivity index is 1.94. The molecule has 0 aliphatic carbocycles. The predicted molar refractivity (Wildman–Crippen MR) is 76.1 cm³/mol. The zero-order valence-electron chi connectivity index (χ0n) is 12.4. The van der Waals surface area contributed by atoms with Crippen LogP contribution in [0, 0.1) is 19.8 Å². The molecule has 0 unspecified atom stereocenters. The molecule has 106 valence electrons. The highest BCUT2D eigenvalue weighted by molar-refractivity contribution is 5.93. The van der Waals surface area contributed by atoms with Gasteiger partial charge < -0.3 is 5.32 Å². The van der Waals surface area contributed by atoms with Gasteiger partial charge in [-0.2, -0.15) is 5.10 Å². The van der Waals surface area contributed by atoms with Gasteiger partial charge in [-0.3, -0.25) is 14.4 Å². The summed E-state index contributed by atoms with van der Waals surface area (Å²) in [6.45, 7) is 8.68. The molecule has 0 aromatic carbocycles. The van der Waals surface area contributed by atoms with Gasteiger partial charge in [0.15, 0.2) is 0 Å². The van der Waals surface area contributed by atoms with E-state index < -0.39 is 0 Å². The fraction of sp³-hybridized carbons (Fsp3) is 0.714. The van der Waals surface area contributed by atoms with Crippen molar-refractivity contribution in [3.63, 3.8) is 0 Å². The Morgan fingerprint density at radius 1 is 1.47 bits per heavy atom. The molecule has 0 saturated carbocycles. The average molecular weight is 264 g/mol. The number of aromatic nitrogens is 2. The molecule has 0 radical (unpaired) electrons. The Morgan fingerprint density at radius 3 is 2.79 bits per heavy atom. The maximum Gasteiger partial charge on any atom is 0.238 e. The van der Waals surface area contributed by atoms with Crippen LogP contribution in [0.3, 0.4) is 0 Å². The molecule has 1 aliphatic rings. The Bertz CT molecular complexity index is 466. The summed E-state index contributed by atoms with van der Waals surface area (Å²) >= 11 is 0. The molecule has 19 heavy (non-hydrogen) atoms. The molecule has 1 aromatic heterocycles. The third-order valence-electron chi connectivity index (χ3n) is 3.88. The lowest BCUT2D eigenvalue weighted by molar-refractivity contribution is -0.117. The van der Waals surface area contributed by atoms with Gasteiger partial charge in [0.1, 0.15) is 0 Å². The minimum Gasteiger partial charge on any atom is -0.322 e. The van der Waals surface area contributed by atoms with Crippen LogP contribution in [0.4, 0.5) is 5.69 Å². The van der Waals surface area contributed by atoms with Crippen LogP contribution in [-0.4, -0.2) is 40.2 Å². The summed E-state index contributed by atoms with van der Waals surface area (Å²) in [5.74, 6) is 0.761. The van der Waals surface area contributed by atoms with Crippen molar-refractivity contribution in [3.8, 4) is 0 Å². The van der Waals surface area contributed by atoms with Gasteiger partial charge in [-0.25, -0.2) is 0 Å².